The summed E-state index contributed by atoms with van der Waals surface area (Å²) in [5.74, 6) is 0.606. The summed E-state index contributed by atoms with van der Waals surface area (Å²) in [5, 5.41) is 0.556. The average molecular weight is 451 g/mol. The first-order valence-corrected chi connectivity index (χ1v) is 10.5. The van der Waals surface area contributed by atoms with E-state index >= 15 is 0 Å². The molecule has 164 valence electrons. The molecule has 1 fully saturated rings. The number of hydrogen-bond acceptors (Lipinski definition) is 4. The molecule has 1 atom stereocenters. The van der Waals surface area contributed by atoms with Gasteiger partial charge in [-0.2, -0.15) is 0 Å². The molecule has 1 heterocycles. The maximum atomic E-state index is 13.8. The number of anilines is 2. The normalized spacial score (nSPS) is 16.3. The van der Waals surface area contributed by atoms with Crippen molar-refractivity contribution in [3.63, 3.8) is 0 Å². The van der Waals surface area contributed by atoms with Gasteiger partial charge in [-0.1, -0.05) is 41.4 Å². The van der Waals surface area contributed by atoms with Gasteiger partial charge in [-0.05, 0) is 48.9 Å². The number of piperazine rings is 1. The first-order chi connectivity index (χ1) is 15.4. The van der Waals surface area contributed by atoms with Gasteiger partial charge in [-0.15, -0.1) is 0 Å². The quantitative estimate of drug-likeness (QED) is 0.561. The molecule has 0 saturated carbocycles. The number of amides is 2. The molecule has 0 N–H and O–H groups in total. The van der Waals surface area contributed by atoms with Crippen LogP contribution in [0.4, 0.5) is 11.4 Å². The Morgan fingerprint density at radius 3 is 2.22 bits per heavy atom. The van der Waals surface area contributed by atoms with Gasteiger partial charge in [-0.25, -0.2) is 0 Å². The number of halogens is 1. The van der Waals surface area contributed by atoms with Gasteiger partial charge < -0.3 is 9.47 Å². The molecule has 3 aromatic carbocycles. The number of benzene rings is 3. The zero-order chi connectivity index (χ0) is 22.8. The van der Waals surface area contributed by atoms with Gasteiger partial charge >= 0.3 is 0 Å². The van der Waals surface area contributed by atoms with Crippen molar-refractivity contribution in [1.82, 2.24) is 0 Å². The van der Waals surface area contributed by atoms with Crippen LogP contribution in [0.5, 0.6) is 11.5 Å². The van der Waals surface area contributed by atoms with E-state index in [0.29, 0.717) is 27.9 Å². The van der Waals surface area contributed by atoms with Gasteiger partial charge in [0.2, 0.25) is 5.91 Å². The van der Waals surface area contributed by atoms with Crippen LogP contribution < -0.4 is 19.3 Å². The van der Waals surface area contributed by atoms with Gasteiger partial charge in [0, 0.05) is 16.8 Å². The molecule has 32 heavy (non-hydrogen) atoms. The van der Waals surface area contributed by atoms with E-state index in [0.717, 1.165) is 11.1 Å². The highest BCUT2D eigenvalue weighted by Crippen LogP contribution is 2.39. The van der Waals surface area contributed by atoms with E-state index in [1.165, 1.54) is 16.9 Å². The second-order valence-electron chi connectivity index (χ2n) is 7.52. The Morgan fingerprint density at radius 2 is 1.59 bits per heavy atom. The van der Waals surface area contributed by atoms with E-state index in [4.69, 9.17) is 21.1 Å². The number of hydrogen-bond donors (Lipinski definition) is 0. The summed E-state index contributed by atoms with van der Waals surface area (Å²) in [6.45, 7) is 1.86. The first kappa shape index (κ1) is 21.7. The summed E-state index contributed by atoms with van der Waals surface area (Å²) < 4.78 is 10.8. The molecule has 0 spiro atoms. The van der Waals surface area contributed by atoms with Crippen molar-refractivity contribution in [2.24, 2.45) is 0 Å². The van der Waals surface area contributed by atoms with Crippen LogP contribution >= 0.6 is 11.6 Å². The van der Waals surface area contributed by atoms with Crippen LogP contribution in [0.25, 0.3) is 0 Å². The summed E-state index contributed by atoms with van der Waals surface area (Å²) in [6, 6.07) is 18.9. The molecule has 0 aliphatic carbocycles. The summed E-state index contributed by atoms with van der Waals surface area (Å²) >= 11 is 6.05. The number of carbonyl (C=O) groups is 2. The van der Waals surface area contributed by atoms with Gasteiger partial charge in [-0.3, -0.25) is 19.4 Å². The predicted molar refractivity (Wildman–Crippen MR) is 125 cm³/mol. The monoisotopic (exact) mass is 450 g/mol. The molecule has 2 amide bonds. The van der Waals surface area contributed by atoms with E-state index in [2.05, 4.69) is 0 Å². The summed E-state index contributed by atoms with van der Waals surface area (Å²) in [5.41, 5.74) is 2.91. The third-order valence-corrected chi connectivity index (χ3v) is 5.75. The minimum atomic E-state index is -0.829. The molecule has 0 bridgehead atoms. The van der Waals surface area contributed by atoms with Gasteiger partial charge in [0.1, 0.15) is 24.1 Å². The van der Waals surface area contributed by atoms with Crippen LogP contribution in [-0.2, 0) is 9.59 Å². The Labute approximate surface area is 191 Å². The maximum Gasteiger partial charge on any atom is 0.255 e. The lowest BCUT2D eigenvalue weighted by Crippen LogP contribution is -2.56. The van der Waals surface area contributed by atoms with E-state index in [-0.39, 0.29) is 18.4 Å². The van der Waals surface area contributed by atoms with E-state index in [9.17, 15) is 9.59 Å². The second kappa shape index (κ2) is 8.93. The molecule has 6 nitrogen and oxygen atoms in total. The van der Waals surface area contributed by atoms with Crippen molar-refractivity contribution in [3.8, 4) is 11.5 Å². The maximum absolute atomic E-state index is 13.8. The molecule has 0 unspecified atom stereocenters. The van der Waals surface area contributed by atoms with Crippen molar-refractivity contribution in [2.45, 2.75) is 13.0 Å². The van der Waals surface area contributed by atoms with E-state index in [1.807, 2.05) is 31.2 Å². The van der Waals surface area contributed by atoms with Crippen molar-refractivity contribution in [2.75, 3.05) is 30.6 Å². The minimum Gasteiger partial charge on any atom is -0.497 e. The molecular formula is C25H23ClN2O4. The standard InChI is InChI=1S/C25H23ClN2O4/c1-16-4-6-17(7-5-16)24-25(30)27(21-13-12-20(31-2)14-22(21)32-3)15-23(29)28(24)19-10-8-18(26)9-11-19/h4-14,24H,15H2,1-3H3/t24-/m1/s1. The van der Waals surface area contributed by atoms with Gasteiger partial charge in [0.25, 0.3) is 5.91 Å². The topological polar surface area (TPSA) is 59.1 Å². The lowest BCUT2D eigenvalue weighted by molar-refractivity contribution is -0.128. The van der Waals surface area contributed by atoms with Crippen molar-refractivity contribution in [1.29, 1.82) is 0 Å². The predicted octanol–water partition coefficient (Wildman–Crippen LogP) is 4.79. The number of ether oxygens (including phenoxy) is 2. The molecule has 0 aromatic heterocycles. The van der Waals surface area contributed by atoms with Crippen LogP contribution in [0, 0.1) is 6.92 Å². The molecular weight excluding hydrogens is 428 g/mol. The largest absolute Gasteiger partial charge is 0.497 e. The zero-order valence-corrected chi connectivity index (χ0v) is 18.8. The molecule has 0 radical (unpaired) electrons. The highest BCUT2D eigenvalue weighted by atomic mass is 35.5. The Balaban J connectivity index is 1.82. The van der Waals surface area contributed by atoms with Crippen LogP contribution in [0.1, 0.15) is 17.2 Å². The second-order valence-corrected chi connectivity index (χ2v) is 7.95. The Hall–Kier alpha value is -3.51. The molecule has 1 saturated heterocycles. The SMILES string of the molecule is COc1ccc(N2CC(=O)N(c3ccc(Cl)cc3)[C@H](c3ccc(C)cc3)C2=O)c(OC)c1. The van der Waals surface area contributed by atoms with Crippen LogP contribution in [0.3, 0.4) is 0 Å². The van der Waals surface area contributed by atoms with Crippen LogP contribution in [0.2, 0.25) is 5.02 Å². The zero-order valence-electron chi connectivity index (χ0n) is 18.0. The molecule has 4 rings (SSSR count). The van der Waals surface area contributed by atoms with E-state index < -0.39 is 6.04 Å². The molecule has 7 heteroatoms. The van der Waals surface area contributed by atoms with Gasteiger partial charge in [0.05, 0.1) is 19.9 Å². The first-order valence-electron chi connectivity index (χ1n) is 10.1. The van der Waals surface area contributed by atoms with Crippen molar-refractivity contribution in [3.05, 3.63) is 82.9 Å². The average Bonchev–Trinajstić information content (AvgIpc) is 2.81. The summed E-state index contributed by atoms with van der Waals surface area (Å²) in [7, 11) is 3.08. The number of carbonyl (C=O) groups excluding carboxylic acids is 2. The third kappa shape index (κ3) is 4.01. The van der Waals surface area contributed by atoms with Crippen LogP contribution in [-0.4, -0.2) is 32.6 Å². The lowest BCUT2D eigenvalue weighted by Gasteiger charge is -2.40. The van der Waals surface area contributed by atoms with Crippen molar-refractivity contribution < 1.29 is 19.1 Å². The third-order valence-electron chi connectivity index (χ3n) is 5.50. The summed E-state index contributed by atoms with van der Waals surface area (Å²) in [4.78, 5) is 30.3. The fraction of sp³-hybridized carbons (Fsp3) is 0.200. The van der Waals surface area contributed by atoms with E-state index in [1.54, 1.807) is 49.6 Å². The highest BCUT2D eigenvalue weighted by molar-refractivity contribution is 6.30. The number of nitrogens with zero attached hydrogens (tertiary/aromatic N) is 2. The number of methoxy groups -OCH3 is 2. The summed E-state index contributed by atoms with van der Waals surface area (Å²) in [6.07, 6.45) is 0. The number of rotatable bonds is 5. The Kier molecular flexibility index (Phi) is 6.06. The number of aryl methyl sites for hydroxylation is 1. The van der Waals surface area contributed by atoms with Gasteiger partial charge in [0.15, 0.2) is 0 Å². The fourth-order valence-corrected chi connectivity index (χ4v) is 3.96. The highest BCUT2D eigenvalue weighted by Gasteiger charge is 2.42. The van der Waals surface area contributed by atoms with Crippen LogP contribution in [0.15, 0.2) is 66.7 Å². The molecule has 1 aliphatic heterocycles. The van der Waals surface area contributed by atoms with Crippen molar-refractivity contribution >= 4 is 34.8 Å². The Morgan fingerprint density at radius 1 is 0.906 bits per heavy atom. The molecule has 1 aliphatic rings. The fourth-order valence-electron chi connectivity index (χ4n) is 3.84. The smallest absolute Gasteiger partial charge is 0.255 e. The minimum absolute atomic E-state index is 0.119. The molecule has 3 aromatic rings. The Bertz CT molecular complexity index is 1150. The lowest BCUT2D eigenvalue weighted by atomic mass is 9.98.